The zero-order chi connectivity index (χ0) is 32.1. The Labute approximate surface area is 246 Å². The minimum Gasteiger partial charge on any atom is -0.545 e. The van der Waals surface area contributed by atoms with E-state index in [-0.39, 0.29) is 20.9 Å². The minimum atomic E-state index is -4.09. The second kappa shape index (κ2) is 16.7. The van der Waals surface area contributed by atoms with Gasteiger partial charge in [0.15, 0.2) is 0 Å². The fraction of sp³-hybridized carbons (Fsp3) is 0.286. The highest BCUT2D eigenvalue weighted by Gasteiger charge is 2.15. The van der Waals surface area contributed by atoms with Gasteiger partial charge >= 0.3 is 0 Å². The maximum atomic E-state index is 10.9. The first-order chi connectivity index (χ1) is 19.6. The number of rotatable bonds is 10. The fourth-order valence-electron chi connectivity index (χ4n) is 3.84. The Balaban J connectivity index is 0.000000317. The van der Waals surface area contributed by atoms with Crippen LogP contribution in [0.25, 0.3) is 0 Å². The molecule has 0 saturated carbocycles. The van der Waals surface area contributed by atoms with Crippen molar-refractivity contribution in [2.24, 2.45) is 0 Å². The maximum absolute atomic E-state index is 10.9. The van der Waals surface area contributed by atoms with Gasteiger partial charge in [-0.3, -0.25) is 9.11 Å². The van der Waals surface area contributed by atoms with Crippen LogP contribution in [0, 0.1) is 0 Å². The van der Waals surface area contributed by atoms with Gasteiger partial charge in [0.1, 0.15) is 11.4 Å². The van der Waals surface area contributed by atoms with Gasteiger partial charge < -0.3 is 29.6 Å². The van der Waals surface area contributed by atoms with Crippen LogP contribution in [0.3, 0.4) is 0 Å². The minimum absolute atomic E-state index is 0.0422. The van der Waals surface area contributed by atoms with Crippen molar-refractivity contribution in [1.82, 2.24) is 0 Å². The lowest BCUT2D eigenvalue weighted by Crippen LogP contribution is -3.06. The fourth-order valence-corrected chi connectivity index (χ4v) is 4.90. The molecule has 12 nitrogen and oxygen atoms in total. The number of aromatic carboxylic acids is 2. The highest BCUT2D eigenvalue weighted by Crippen LogP contribution is 2.13. The zero-order valence-electron chi connectivity index (χ0n) is 23.7. The molecule has 42 heavy (non-hydrogen) atoms. The highest BCUT2D eigenvalue weighted by atomic mass is 32.2. The predicted molar refractivity (Wildman–Crippen MR) is 151 cm³/mol. The summed E-state index contributed by atoms with van der Waals surface area (Å²) in [4.78, 5) is 22.8. The molecule has 230 valence electrons. The van der Waals surface area contributed by atoms with Crippen molar-refractivity contribution < 1.29 is 55.5 Å². The quantitative estimate of drug-likeness (QED) is 0.211. The SMILES string of the molecule is CC[NH+](CC)c1cccc(S(=O)(=O)O)c1.CC[NH+](CC)c1cccc(S(=O)(=O)O)c1.O=C([O-])c1cccc(C(=O)[O-])c1. The number of benzene rings is 3. The first-order valence-electron chi connectivity index (χ1n) is 13.0. The van der Waals surface area contributed by atoms with E-state index in [1.807, 2.05) is 39.8 Å². The van der Waals surface area contributed by atoms with Gasteiger partial charge in [-0.1, -0.05) is 30.3 Å². The molecule has 0 fully saturated rings. The van der Waals surface area contributed by atoms with Crippen molar-refractivity contribution in [3.63, 3.8) is 0 Å². The molecular formula is C28H36N2O10S2. The van der Waals surface area contributed by atoms with E-state index in [1.54, 1.807) is 12.1 Å². The van der Waals surface area contributed by atoms with Crippen LogP contribution in [-0.4, -0.2) is 64.1 Å². The van der Waals surface area contributed by atoms with E-state index in [4.69, 9.17) is 9.11 Å². The van der Waals surface area contributed by atoms with Crippen molar-refractivity contribution in [3.05, 3.63) is 83.9 Å². The van der Waals surface area contributed by atoms with Crippen molar-refractivity contribution in [2.75, 3.05) is 26.2 Å². The first-order valence-corrected chi connectivity index (χ1v) is 15.8. The van der Waals surface area contributed by atoms with E-state index >= 15 is 0 Å². The molecule has 0 spiro atoms. The van der Waals surface area contributed by atoms with Crippen LogP contribution in [0.1, 0.15) is 48.4 Å². The standard InChI is InChI=1S/2C10H15NO3S.C8H6O4/c2*1-3-11(4-2)9-6-5-7-10(8-9)15(12,13)14;9-7(10)5-2-1-3-6(4-5)8(11)12/h2*5-8H,3-4H2,1-2H3,(H,12,13,14);1-4H,(H,9,10)(H,11,12). The van der Waals surface area contributed by atoms with Gasteiger partial charge in [0.25, 0.3) is 20.2 Å². The third-order valence-corrected chi connectivity index (χ3v) is 7.82. The average molecular weight is 625 g/mol. The zero-order valence-corrected chi connectivity index (χ0v) is 25.4. The Hall–Kier alpha value is -3.66. The van der Waals surface area contributed by atoms with E-state index in [9.17, 15) is 36.6 Å². The van der Waals surface area contributed by atoms with E-state index in [0.717, 1.165) is 43.6 Å². The first kappa shape index (κ1) is 36.4. The second-order valence-corrected chi connectivity index (χ2v) is 11.6. The molecule has 3 aromatic rings. The molecular weight excluding hydrogens is 588 g/mol. The second-order valence-electron chi connectivity index (χ2n) is 8.78. The Morgan fingerprint density at radius 1 is 0.595 bits per heavy atom. The highest BCUT2D eigenvalue weighted by molar-refractivity contribution is 7.86. The van der Waals surface area contributed by atoms with Gasteiger partial charge in [-0.25, -0.2) is 0 Å². The summed E-state index contributed by atoms with van der Waals surface area (Å²) < 4.78 is 61.5. The number of nitrogens with one attached hydrogen (secondary N) is 2. The van der Waals surface area contributed by atoms with Crippen LogP contribution in [0.2, 0.25) is 0 Å². The Bertz CT molecular complexity index is 1440. The number of carboxylic acid groups (broad SMARTS) is 2. The number of hydrogen-bond donors (Lipinski definition) is 4. The third kappa shape index (κ3) is 11.7. The van der Waals surface area contributed by atoms with Crippen molar-refractivity contribution in [2.45, 2.75) is 37.5 Å². The summed E-state index contributed by atoms with van der Waals surface area (Å²) in [6.07, 6.45) is 0. The summed E-state index contributed by atoms with van der Waals surface area (Å²) in [5.41, 5.74) is 1.43. The summed E-state index contributed by atoms with van der Waals surface area (Å²) in [5, 5.41) is 20.5. The van der Waals surface area contributed by atoms with Crippen LogP contribution < -0.4 is 20.0 Å². The predicted octanol–water partition coefficient (Wildman–Crippen LogP) is -0.607. The van der Waals surface area contributed by atoms with Crippen LogP contribution in [0.15, 0.2) is 82.6 Å². The number of carbonyl (C=O) groups is 2. The topological polar surface area (TPSA) is 198 Å². The molecule has 0 aliphatic rings. The lowest BCUT2D eigenvalue weighted by molar-refractivity contribution is -0.828. The van der Waals surface area contributed by atoms with Gasteiger partial charge in [0.05, 0.1) is 47.9 Å². The van der Waals surface area contributed by atoms with Gasteiger partial charge in [-0.15, -0.1) is 0 Å². The van der Waals surface area contributed by atoms with E-state index in [2.05, 4.69) is 0 Å². The maximum Gasteiger partial charge on any atom is 0.294 e. The molecule has 0 unspecified atom stereocenters. The molecule has 0 radical (unpaired) electrons. The molecule has 0 saturated heterocycles. The molecule has 0 atom stereocenters. The molecule has 0 amide bonds. The molecule has 0 heterocycles. The molecule has 14 heteroatoms. The molecule has 3 rings (SSSR count). The summed E-state index contributed by atoms with van der Waals surface area (Å²) in [5.74, 6) is -2.81. The average Bonchev–Trinajstić information content (AvgIpc) is 2.94. The smallest absolute Gasteiger partial charge is 0.294 e. The van der Waals surface area contributed by atoms with Crippen LogP contribution in [-0.2, 0) is 20.2 Å². The number of hydrogen-bond acceptors (Lipinski definition) is 8. The monoisotopic (exact) mass is 624 g/mol. The van der Waals surface area contributed by atoms with Gasteiger partial charge in [0.2, 0.25) is 0 Å². The van der Waals surface area contributed by atoms with Crippen molar-refractivity contribution in [3.8, 4) is 0 Å². The van der Waals surface area contributed by atoms with E-state index in [0.29, 0.717) is 0 Å². The van der Waals surface area contributed by atoms with Crippen LogP contribution in [0.4, 0.5) is 11.4 Å². The van der Waals surface area contributed by atoms with Gasteiger partial charge in [-0.05, 0) is 69.2 Å². The van der Waals surface area contributed by atoms with Crippen molar-refractivity contribution >= 4 is 43.5 Å². The van der Waals surface area contributed by atoms with Crippen molar-refractivity contribution in [1.29, 1.82) is 0 Å². The largest absolute Gasteiger partial charge is 0.545 e. The number of carboxylic acids is 2. The summed E-state index contributed by atoms with van der Waals surface area (Å²) in [6, 6.07) is 17.6. The third-order valence-electron chi connectivity index (χ3n) is 6.12. The molecule has 0 aromatic heterocycles. The molecule has 0 aliphatic heterocycles. The molecule has 0 bridgehead atoms. The lowest BCUT2D eigenvalue weighted by Gasteiger charge is -2.14. The Kier molecular flexibility index (Phi) is 14.5. The normalized spacial score (nSPS) is 11.2. The lowest BCUT2D eigenvalue weighted by atomic mass is 10.1. The van der Waals surface area contributed by atoms with Crippen LogP contribution in [0.5, 0.6) is 0 Å². The molecule has 0 aliphatic carbocycles. The molecule has 3 aromatic carbocycles. The summed E-state index contributed by atoms with van der Waals surface area (Å²) in [7, 11) is -8.18. The number of carbonyl (C=O) groups excluding carboxylic acids is 2. The molecule has 4 N–H and O–H groups in total. The van der Waals surface area contributed by atoms with Crippen LogP contribution >= 0.6 is 0 Å². The summed E-state index contributed by atoms with van der Waals surface area (Å²) in [6.45, 7) is 11.6. The summed E-state index contributed by atoms with van der Waals surface area (Å²) >= 11 is 0. The Morgan fingerprint density at radius 3 is 1.17 bits per heavy atom. The van der Waals surface area contributed by atoms with Gasteiger partial charge in [-0.2, -0.15) is 16.8 Å². The number of quaternary nitrogens is 2. The Morgan fingerprint density at radius 2 is 0.905 bits per heavy atom. The van der Waals surface area contributed by atoms with E-state index in [1.165, 1.54) is 52.3 Å². The van der Waals surface area contributed by atoms with E-state index < -0.39 is 32.2 Å². The van der Waals surface area contributed by atoms with Gasteiger partial charge in [0, 0.05) is 12.1 Å².